The normalized spacial score (nSPS) is 14.1. The van der Waals surface area contributed by atoms with Crippen LogP contribution in [0.2, 0.25) is 0 Å². The molecule has 0 saturated heterocycles. The third kappa shape index (κ3) is 3.88. The van der Waals surface area contributed by atoms with E-state index in [1.165, 1.54) is 4.90 Å². The molecule has 0 aliphatic rings. The van der Waals surface area contributed by atoms with Crippen molar-refractivity contribution >= 4 is 11.9 Å². The van der Waals surface area contributed by atoms with Gasteiger partial charge in [0, 0.05) is 0 Å². The number of terminal acetylenes is 1. The van der Waals surface area contributed by atoms with E-state index in [1.54, 1.807) is 6.92 Å². The maximum atomic E-state index is 10.9. The Hall–Kier alpha value is -1.58. The van der Waals surface area contributed by atoms with Crippen LogP contribution in [-0.2, 0) is 9.59 Å². The SMILES string of the molecule is C#CCN(CCC)C(C(=O)O)C(O)C(=O)O. The molecule has 0 fully saturated rings. The van der Waals surface area contributed by atoms with Crippen LogP contribution in [0.1, 0.15) is 13.3 Å². The molecule has 2 atom stereocenters. The molecule has 6 nitrogen and oxygen atoms in total. The highest BCUT2D eigenvalue weighted by Gasteiger charge is 2.36. The third-order valence-electron chi connectivity index (χ3n) is 2.00. The van der Waals surface area contributed by atoms with Crippen LogP contribution in [0.4, 0.5) is 0 Å². The number of aliphatic hydroxyl groups is 1. The van der Waals surface area contributed by atoms with E-state index in [1.807, 2.05) is 0 Å². The minimum absolute atomic E-state index is 0.0187. The molecule has 16 heavy (non-hydrogen) atoms. The van der Waals surface area contributed by atoms with E-state index in [9.17, 15) is 14.7 Å². The van der Waals surface area contributed by atoms with E-state index < -0.39 is 24.1 Å². The summed E-state index contributed by atoms with van der Waals surface area (Å²) in [5.41, 5.74) is 0. The van der Waals surface area contributed by atoms with Crippen LogP contribution in [0, 0.1) is 12.3 Å². The van der Waals surface area contributed by atoms with Crippen molar-refractivity contribution in [1.82, 2.24) is 4.90 Å². The second kappa shape index (κ2) is 6.82. The Labute approximate surface area is 93.5 Å². The van der Waals surface area contributed by atoms with E-state index in [2.05, 4.69) is 5.92 Å². The zero-order valence-electron chi connectivity index (χ0n) is 8.96. The maximum Gasteiger partial charge on any atom is 0.334 e. The molecule has 2 unspecified atom stereocenters. The Balaban J connectivity index is 4.91. The van der Waals surface area contributed by atoms with Gasteiger partial charge in [-0.15, -0.1) is 6.42 Å². The summed E-state index contributed by atoms with van der Waals surface area (Å²) in [7, 11) is 0. The molecule has 0 radical (unpaired) electrons. The molecule has 0 aromatic rings. The number of aliphatic hydroxyl groups excluding tert-OH is 1. The van der Waals surface area contributed by atoms with Gasteiger partial charge in [0.25, 0.3) is 0 Å². The topological polar surface area (TPSA) is 98.1 Å². The Morgan fingerprint density at radius 3 is 2.25 bits per heavy atom. The van der Waals surface area contributed by atoms with Crippen LogP contribution in [0.15, 0.2) is 0 Å². The molecule has 0 amide bonds. The number of aliphatic carboxylic acids is 2. The van der Waals surface area contributed by atoms with Gasteiger partial charge >= 0.3 is 11.9 Å². The van der Waals surface area contributed by atoms with Gasteiger partial charge in [-0.05, 0) is 13.0 Å². The van der Waals surface area contributed by atoms with Crippen LogP contribution in [0.25, 0.3) is 0 Å². The molecule has 0 bridgehead atoms. The second-order valence-electron chi connectivity index (χ2n) is 3.24. The van der Waals surface area contributed by atoms with Crippen LogP contribution in [0.5, 0.6) is 0 Å². The smallest absolute Gasteiger partial charge is 0.334 e. The lowest BCUT2D eigenvalue weighted by molar-refractivity contribution is -0.161. The summed E-state index contributed by atoms with van der Waals surface area (Å²) >= 11 is 0. The van der Waals surface area contributed by atoms with Crippen molar-refractivity contribution in [2.24, 2.45) is 0 Å². The molecule has 0 rings (SSSR count). The van der Waals surface area contributed by atoms with Crippen molar-refractivity contribution in [3.63, 3.8) is 0 Å². The first-order chi connectivity index (χ1) is 7.45. The molecular weight excluding hydrogens is 214 g/mol. The number of hydrogen-bond acceptors (Lipinski definition) is 4. The summed E-state index contributed by atoms with van der Waals surface area (Å²) in [5, 5.41) is 26.8. The lowest BCUT2D eigenvalue weighted by Crippen LogP contribution is -2.52. The molecule has 0 saturated carbocycles. The summed E-state index contributed by atoms with van der Waals surface area (Å²) in [6.45, 7) is 2.09. The first kappa shape index (κ1) is 14.4. The van der Waals surface area contributed by atoms with Crippen LogP contribution in [0.3, 0.4) is 0 Å². The molecule has 0 spiro atoms. The fourth-order valence-corrected chi connectivity index (χ4v) is 1.35. The lowest BCUT2D eigenvalue weighted by Gasteiger charge is -2.28. The molecule has 0 aromatic heterocycles. The predicted molar refractivity (Wildman–Crippen MR) is 55.8 cm³/mol. The minimum Gasteiger partial charge on any atom is -0.480 e. The summed E-state index contributed by atoms with van der Waals surface area (Å²) in [4.78, 5) is 22.7. The molecule has 90 valence electrons. The van der Waals surface area contributed by atoms with Crippen molar-refractivity contribution in [2.45, 2.75) is 25.5 Å². The summed E-state index contributed by atoms with van der Waals surface area (Å²) in [5.74, 6) is -0.742. The fourth-order valence-electron chi connectivity index (χ4n) is 1.35. The highest BCUT2D eigenvalue weighted by atomic mass is 16.4. The zero-order valence-corrected chi connectivity index (χ0v) is 8.96. The van der Waals surface area contributed by atoms with Crippen LogP contribution < -0.4 is 0 Å². The number of carboxylic acid groups (broad SMARTS) is 2. The summed E-state index contributed by atoms with van der Waals surface area (Å²) < 4.78 is 0. The Kier molecular flexibility index (Phi) is 6.15. The Bertz CT molecular complexity index is 296. The summed E-state index contributed by atoms with van der Waals surface area (Å²) in [6, 6.07) is -1.52. The maximum absolute atomic E-state index is 10.9. The van der Waals surface area contributed by atoms with Crippen molar-refractivity contribution < 1.29 is 24.9 Å². The molecule has 6 heteroatoms. The van der Waals surface area contributed by atoms with Gasteiger partial charge in [-0.25, -0.2) is 4.79 Å². The van der Waals surface area contributed by atoms with E-state index in [0.29, 0.717) is 13.0 Å². The van der Waals surface area contributed by atoms with Gasteiger partial charge in [0.1, 0.15) is 6.04 Å². The van der Waals surface area contributed by atoms with Gasteiger partial charge in [0.05, 0.1) is 6.54 Å². The highest BCUT2D eigenvalue weighted by molar-refractivity contribution is 5.84. The molecule has 0 aromatic carbocycles. The van der Waals surface area contributed by atoms with E-state index in [0.717, 1.165) is 0 Å². The Morgan fingerprint density at radius 2 is 1.94 bits per heavy atom. The van der Waals surface area contributed by atoms with Gasteiger partial charge in [-0.1, -0.05) is 12.8 Å². The van der Waals surface area contributed by atoms with Gasteiger partial charge in [-0.3, -0.25) is 9.69 Å². The van der Waals surface area contributed by atoms with E-state index >= 15 is 0 Å². The van der Waals surface area contributed by atoms with Gasteiger partial charge in [-0.2, -0.15) is 0 Å². The quantitative estimate of drug-likeness (QED) is 0.496. The van der Waals surface area contributed by atoms with Gasteiger partial charge < -0.3 is 15.3 Å². The standard InChI is InChI=1S/C10H15NO5/c1-3-5-11(6-4-2)7(9(13)14)8(12)10(15)16/h1,7-8,12H,4-6H2,2H3,(H,13,14)(H,15,16). The van der Waals surface area contributed by atoms with Crippen molar-refractivity contribution in [3.05, 3.63) is 0 Å². The van der Waals surface area contributed by atoms with Crippen molar-refractivity contribution in [2.75, 3.05) is 13.1 Å². The first-order valence-corrected chi connectivity index (χ1v) is 4.76. The monoisotopic (exact) mass is 229 g/mol. The third-order valence-corrected chi connectivity index (χ3v) is 2.00. The van der Waals surface area contributed by atoms with E-state index in [4.69, 9.17) is 16.6 Å². The molecule has 0 aliphatic carbocycles. The highest BCUT2D eigenvalue weighted by Crippen LogP contribution is 2.07. The molecular formula is C10H15NO5. The van der Waals surface area contributed by atoms with Crippen LogP contribution >= 0.6 is 0 Å². The number of nitrogens with zero attached hydrogens (tertiary/aromatic N) is 1. The zero-order chi connectivity index (χ0) is 12.7. The predicted octanol–water partition coefficient (Wildman–Crippen LogP) is -0.770. The molecule has 0 heterocycles. The average molecular weight is 229 g/mol. The second-order valence-corrected chi connectivity index (χ2v) is 3.24. The average Bonchev–Trinajstić information content (AvgIpc) is 2.17. The van der Waals surface area contributed by atoms with Crippen LogP contribution in [-0.4, -0.2) is 57.4 Å². The molecule has 3 N–H and O–H groups in total. The van der Waals surface area contributed by atoms with E-state index in [-0.39, 0.29) is 6.54 Å². The number of hydrogen-bond donors (Lipinski definition) is 3. The molecule has 0 aliphatic heterocycles. The summed E-state index contributed by atoms with van der Waals surface area (Å²) in [6.07, 6.45) is 3.68. The number of rotatable bonds is 7. The van der Waals surface area contributed by atoms with Gasteiger partial charge in [0.15, 0.2) is 6.10 Å². The minimum atomic E-state index is -1.99. The Morgan fingerprint density at radius 1 is 1.38 bits per heavy atom. The fraction of sp³-hybridized carbons (Fsp3) is 0.600. The van der Waals surface area contributed by atoms with Crippen molar-refractivity contribution in [3.8, 4) is 12.3 Å². The number of carboxylic acids is 2. The van der Waals surface area contributed by atoms with Gasteiger partial charge in [0.2, 0.25) is 0 Å². The largest absolute Gasteiger partial charge is 0.480 e. The number of carbonyl (C=O) groups is 2. The van der Waals surface area contributed by atoms with Crippen molar-refractivity contribution in [1.29, 1.82) is 0 Å². The first-order valence-electron chi connectivity index (χ1n) is 4.76. The lowest BCUT2D eigenvalue weighted by atomic mass is 10.1.